The molecule has 0 atom stereocenters. The number of nitrogens with zero attached hydrogens (tertiary/aromatic N) is 4. The van der Waals surface area contributed by atoms with Gasteiger partial charge in [-0.25, -0.2) is 15.0 Å². The molecule has 0 N–H and O–H groups in total. The SMILES string of the molecule is c1ccc2c(-c3ccc4cc(-c5ccc6nc(-c7ccc(-c8ccc9ccc%10cccnc%10c9n8)c8ccccc78)ccc6c5)ccc4n3)c3ccccc3cc2c1. The van der Waals surface area contributed by atoms with Crippen LogP contribution in [0.15, 0.2) is 194 Å². The quantitative estimate of drug-likeness (QED) is 0.133. The second-order valence-corrected chi connectivity index (χ2v) is 15.0. The fourth-order valence-electron chi connectivity index (χ4n) is 8.81. The van der Waals surface area contributed by atoms with Gasteiger partial charge in [-0.3, -0.25) is 4.98 Å². The third-order valence-corrected chi connectivity index (χ3v) is 11.6. The van der Waals surface area contributed by atoms with Gasteiger partial charge in [-0.15, -0.1) is 0 Å². The summed E-state index contributed by atoms with van der Waals surface area (Å²) in [6, 6.07) is 66.7. The number of aromatic nitrogens is 4. The minimum Gasteiger partial charge on any atom is -0.254 e. The van der Waals surface area contributed by atoms with E-state index < -0.39 is 0 Å². The van der Waals surface area contributed by atoms with Crippen molar-refractivity contribution in [2.45, 2.75) is 0 Å². The summed E-state index contributed by atoms with van der Waals surface area (Å²) in [6.45, 7) is 0. The third kappa shape index (κ3) is 5.23. The van der Waals surface area contributed by atoms with Crippen LogP contribution in [0.4, 0.5) is 0 Å². The summed E-state index contributed by atoms with van der Waals surface area (Å²) >= 11 is 0. The molecule has 58 heavy (non-hydrogen) atoms. The molecule has 0 fully saturated rings. The zero-order chi connectivity index (χ0) is 38.2. The molecule has 4 nitrogen and oxygen atoms in total. The predicted molar refractivity (Wildman–Crippen MR) is 242 cm³/mol. The Hall–Kier alpha value is -7.82. The van der Waals surface area contributed by atoms with E-state index in [1.165, 1.54) is 27.1 Å². The highest BCUT2D eigenvalue weighted by molar-refractivity contribution is 6.13. The van der Waals surface area contributed by atoms with Crippen LogP contribution in [-0.2, 0) is 0 Å². The summed E-state index contributed by atoms with van der Waals surface area (Å²) < 4.78 is 0. The largest absolute Gasteiger partial charge is 0.254 e. The van der Waals surface area contributed by atoms with Crippen molar-refractivity contribution in [2.75, 3.05) is 0 Å². The van der Waals surface area contributed by atoms with Crippen molar-refractivity contribution in [3.05, 3.63) is 194 Å². The molecule has 0 amide bonds. The Morgan fingerprint density at radius 1 is 0.293 bits per heavy atom. The van der Waals surface area contributed by atoms with E-state index >= 15 is 0 Å². The first-order valence-corrected chi connectivity index (χ1v) is 19.6. The zero-order valence-electron chi connectivity index (χ0n) is 31.3. The first kappa shape index (κ1) is 32.4. The second kappa shape index (κ2) is 12.9. The Kier molecular flexibility index (Phi) is 7.20. The Morgan fingerprint density at radius 2 is 0.776 bits per heavy atom. The van der Waals surface area contributed by atoms with E-state index in [4.69, 9.17) is 15.0 Å². The maximum absolute atomic E-state index is 5.22. The molecule has 4 heterocycles. The average Bonchev–Trinajstić information content (AvgIpc) is 3.29. The Bertz CT molecular complexity index is 3590. The number of hydrogen-bond acceptors (Lipinski definition) is 4. The highest BCUT2D eigenvalue weighted by Gasteiger charge is 2.15. The van der Waals surface area contributed by atoms with Gasteiger partial charge in [-0.05, 0) is 98.0 Å². The second-order valence-electron chi connectivity index (χ2n) is 15.0. The molecule has 8 aromatic carbocycles. The highest BCUT2D eigenvalue weighted by atomic mass is 14.8. The van der Waals surface area contributed by atoms with Crippen molar-refractivity contribution in [3.8, 4) is 44.9 Å². The number of benzene rings is 8. The fraction of sp³-hybridized carbons (Fsp3) is 0. The Morgan fingerprint density at radius 3 is 1.41 bits per heavy atom. The molecule has 268 valence electrons. The molecule has 0 aliphatic rings. The molecule has 4 heteroatoms. The van der Waals surface area contributed by atoms with Crippen molar-refractivity contribution in [1.29, 1.82) is 0 Å². The van der Waals surface area contributed by atoms with E-state index in [1.807, 2.05) is 12.3 Å². The fourth-order valence-corrected chi connectivity index (χ4v) is 8.81. The van der Waals surface area contributed by atoms with Gasteiger partial charge in [0.25, 0.3) is 0 Å². The molecule has 0 aliphatic heterocycles. The van der Waals surface area contributed by atoms with E-state index in [-0.39, 0.29) is 0 Å². The zero-order valence-corrected chi connectivity index (χ0v) is 31.3. The van der Waals surface area contributed by atoms with E-state index in [0.29, 0.717) is 0 Å². The molecule has 0 saturated carbocycles. The number of rotatable bonds is 4. The molecule has 0 aliphatic carbocycles. The summed E-state index contributed by atoms with van der Waals surface area (Å²) in [5, 5.41) is 11.5. The van der Waals surface area contributed by atoms with Crippen molar-refractivity contribution >= 4 is 75.9 Å². The van der Waals surface area contributed by atoms with Gasteiger partial charge in [0.05, 0.1) is 39.1 Å². The van der Waals surface area contributed by atoms with Gasteiger partial charge in [0.15, 0.2) is 0 Å². The molecule has 12 aromatic rings. The smallest absolute Gasteiger partial charge is 0.0972 e. The van der Waals surface area contributed by atoms with Gasteiger partial charge in [-0.1, -0.05) is 133 Å². The summed E-state index contributed by atoms with van der Waals surface area (Å²) in [7, 11) is 0. The van der Waals surface area contributed by atoms with Gasteiger partial charge in [-0.2, -0.15) is 0 Å². The first-order chi connectivity index (χ1) is 28.7. The van der Waals surface area contributed by atoms with Gasteiger partial charge in [0.1, 0.15) is 0 Å². The number of hydrogen-bond donors (Lipinski definition) is 0. The van der Waals surface area contributed by atoms with Crippen LogP contribution in [0.1, 0.15) is 0 Å². The lowest BCUT2D eigenvalue weighted by Gasteiger charge is -2.13. The standard InChI is InChI=1S/C54H32N4/c1-3-11-41-37(8-1)32-38-9-2-4-12-42(38)52(41)51-28-21-40-31-36(19-25-48(40)57-51)35-18-24-47-39(30-35)20-27-49(56-47)45-22-23-46(44-14-6-5-13-43(44)45)50-26-17-34-16-15-33-10-7-29-55-53(33)54(34)58-50/h1-32H. The van der Waals surface area contributed by atoms with E-state index in [2.05, 4.69) is 187 Å². The van der Waals surface area contributed by atoms with Crippen LogP contribution in [0.3, 0.4) is 0 Å². The molecular formula is C54H32N4. The third-order valence-electron chi connectivity index (χ3n) is 11.6. The van der Waals surface area contributed by atoms with Gasteiger partial charge in [0.2, 0.25) is 0 Å². The van der Waals surface area contributed by atoms with Crippen molar-refractivity contribution in [2.24, 2.45) is 0 Å². The summed E-state index contributed by atoms with van der Waals surface area (Å²) in [6.07, 6.45) is 1.84. The lowest BCUT2D eigenvalue weighted by molar-refractivity contribution is 1.37. The Labute approximate surface area is 333 Å². The van der Waals surface area contributed by atoms with Gasteiger partial charge >= 0.3 is 0 Å². The monoisotopic (exact) mass is 736 g/mol. The molecule has 0 radical (unpaired) electrons. The predicted octanol–water partition coefficient (Wildman–Crippen LogP) is 14.0. The topological polar surface area (TPSA) is 51.6 Å². The summed E-state index contributed by atoms with van der Waals surface area (Å²) in [5.74, 6) is 0. The van der Waals surface area contributed by atoms with Crippen LogP contribution in [0.25, 0.3) is 121 Å². The van der Waals surface area contributed by atoms with Crippen LogP contribution >= 0.6 is 0 Å². The van der Waals surface area contributed by atoms with Crippen molar-refractivity contribution < 1.29 is 0 Å². The first-order valence-electron chi connectivity index (χ1n) is 19.6. The maximum Gasteiger partial charge on any atom is 0.0972 e. The van der Waals surface area contributed by atoms with E-state index in [9.17, 15) is 0 Å². The van der Waals surface area contributed by atoms with Crippen LogP contribution in [0.2, 0.25) is 0 Å². The average molecular weight is 737 g/mol. The molecule has 12 rings (SSSR count). The summed E-state index contributed by atoms with van der Waals surface area (Å²) in [4.78, 5) is 20.3. The molecule has 0 bridgehead atoms. The van der Waals surface area contributed by atoms with E-state index in [1.54, 1.807) is 0 Å². The molecule has 0 unspecified atom stereocenters. The minimum absolute atomic E-state index is 0.916. The van der Waals surface area contributed by atoms with Crippen molar-refractivity contribution in [3.63, 3.8) is 0 Å². The van der Waals surface area contributed by atoms with E-state index in [0.717, 1.165) is 93.7 Å². The highest BCUT2D eigenvalue weighted by Crippen LogP contribution is 2.39. The number of pyridine rings is 4. The molecule has 4 aromatic heterocycles. The molecule has 0 saturated heterocycles. The number of fused-ring (bicyclic) bond motifs is 8. The van der Waals surface area contributed by atoms with Crippen LogP contribution in [0.5, 0.6) is 0 Å². The van der Waals surface area contributed by atoms with Crippen LogP contribution in [-0.4, -0.2) is 19.9 Å². The lowest BCUT2D eigenvalue weighted by Crippen LogP contribution is -1.92. The minimum atomic E-state index is 0.916. The Balaban J connectivity index is 0.889. The molecular weight excluding hydrogens is 705 g/mol. The lowest BCUT2D eigenvalue weighted by atomic mass is 9.94. The van der Waals surface area contributed by atoms with Gasteiger partial charge < -0.3 is 0 Å². The normalized spacial score (nSPS) is 11.8. The summed E-state index contributed by atoms with van der Waals surface area (Å²) in [5.41, 5.74) is 12.3. The van der Waals surface area contributed by atoms with Crippen LogP contribution in [0, 0.1) is 0 Å². The van der Waals surface area contributed by atoms with Crippen LogP contribution < -0.4 is 0 Å². The van der Waals surface area contributed by atoms with Crippen molar-refractivity contribution in [1.82, 2.24) is 19.9 Å². The maximum atomic E-state index is 5.22. The molecule has 0 spiro atoms. The van der Waals surface area contributed by atoms with Gasteiger partial charge in [0, 0.05) is 44.4 Å².